The van der Waals surface area contributed by atoms with Crippen LogP contribution in [-0.4, -0.2) is 56.3 Å². The van der Waals surface area contributed by atoms with Gasteiger partial charge in [-0.2, -0.15) is 43.8 Å². The second-order valence-corrected chi connectivity index (χ2v) is 12.3. The summed E-state index contributed by atoms with van der Waals surface area (Å²) in [7, 11) is -4.24. The lowest BCUT2D eigenvalue weighted by molar-refractivity contribution is -0.181. The summed E-state index contributed by atoms with van der Waals surface area (Å²) in [5.41, 5.74) is 1.96. The maximum absolute atomic E-state index is 13.1. The molecule has 5 rings (SSSR count). The van der Waals surface area contributed by atoms with Crippen LogP contribution < -0.4 is 10.0 Å². The standard InChI is InChI=1S/C24H29F6N3O2S/c25-23(26,27)14-33-13-22(32-36(33,34)35)18-4-5-19(22)11-17-9-15(1-3-16(17)10-18)2-6-21-12-20(7-8-31-21)24(28,29)30/h1-3,6,9,18-21,31-32H,4-5,7-8,10-14H2/b6-2+/t18-,19+,20?,21?,22-/m1/s1. The summed E-state index contributed by atoms with van der Waals surface area (Å²) in [5, 5.41) is 3.11. The van der Waals surface area contributed by atoms with Crippen LogP contribution in [0.3, 0.4) is 0 Å². The van der Waals surface area contributed by atoms with Crippen molar-refractivity contribution in [2.24, 2.45) is 17.8 Å². The van der Waals surface area contributed by atoms with Crippen LogP contribution in [0, 0.1) is 17.8 Å². The fourth-order valence-electron chi connectivity index (χ4n) is 6.59. The quantitative estimate of drug-likeness (QED) is 0.569. The van der Waals surface area contributed by atoms with E-state index in [0.29, 0.717) is 23.7 Å². The topological polar surface area (TPSA) is 61.4 Å². The number of fused-ring (bicyclic) bond motifs is 1. The number of benzene rings is 1. The Morgan fingerprint density at radius 2 is 1.72 bits per heavy atom. The first-order valence-corrected chi connectivity index (χ1v) is 13.7. The van der Waals surface area contributed by atoms with Gasteiger partial charge in [-0.3, -0.25) is 0 Å². The number of hydrogen-bond acceptors (Lipinski definition) is 3. The molecule has 1 spiro atoms. The molecule has 1 aromatic carbocycles. The third-order valence-corrected chi connectivity index (χ3v) is 9.93. The largest absolute Gasteiger partial charge is 0.402 e. The highest BCUT2D eigenvalue weighted by atomic mass is 32.2. The average molecular weight is 538 g/mol. The second-order valence-electron chi connectivity index (χ2n) is 10.6. The van der Waals surface area contributed by atoms with Crippen LogP contribution in [-0.2, 0) is 23.1 Å². The predicted octanol–water partition coefficient (Wildman–Crippen LogP) is 4.21. The molecule has 1 saturated carbocycles. The van der Waals surface area contributed by atoms with Gasteiger partial charge in [0.05, 0.1) is 11.5 Å². The van der Waals surface area contributed by atoms with E-state index in [2.05, 4.69) is 10.0 Å². The third kappa shape index (κ3) is 5.06. The van der Waals surface area contributed by atoms with Crippen molar-refractivity contribution in [1.82, 2.24) is 14.3 Å². The molecule has 2 N–H and O–H groups in total. The van der Waals surface area contributed by atoms with Crippen LogP contribution in [0.2, 0.25) is 0 Å². The second kappa shape index (κ2) is 8.99. The molecule has 0 radical (unpaired) electrons. The number of halogens is 6. The summed E-state index contributed by atoms with van der Waals surface area (Å²) in [5.74, 6) is -1.56. The van der Waals surface area contributed by atoms with Gasteiger partial charge in [0.2, 0.25) is 0 Å². The summed E-state index contributed by atoms with van der Waals surface area (Å²) in [6.45, 7) is -1.40. The highest BCUT2D eigenvalue weighted by molar-refractivity contribution is 7.87. The van der Waals surface area contributed by atoms with Crippen molar-refractivity contribution in [2.75, 3.05) is 19.6 Å². The Labute approximate surface area is 206 Å². The number of piperidine rings is 1. The Kier molecular flexibility index (Phi) is 6.49. The Bertz CT molecular complexity index is 1140. The Morgan fingerprint density at radius 3 is 2.39 bits per heavy atom. The van der Waals surface area contributed by atoms with Gasteiger partial charge in [-0.1, -0.05) is 30.4 Å². The number of nitrogens with one attached hydrogen (secondary N) is 2. The molecule has 2 saturated heterocycles. The van der Waals surface area contributed by atoms with Crippen molar-refractivity contribution in [1.29, 1.82) is 0 Å². The lowest BCUT2D eigenvalue weighted by Crippen LogP contribution is -2.52. The fourth-order valence-corrected chi connectivity index (χ4v) is 8.30. The maximum atomic E-state index is 13.1. The Morgan fingerprint density at radius 1 is 1.03 bits per heavy atom. The van der Waals surface area contributed by atoms with Crippen molar-refractivity contribution >= 4 is 16.3 Å². The minimum absolute atomic E-state index is 0.00815. The van der Waals surface area contributed by atoms with Gasteiger partial charge in [0.25, 0.3) is 10.2 Å². The first kappa shape index (κ1) is 26.0. The van der Waals surface area contributed by atoms with Gasteiger partial charge in [0, 0.05) is 12.6 Å². The van der Waals surface area contributed by atoms with Crippen LogP contribution >= 0.6 is 0 Å². The molecule has 36 heavy (non-hydrogen) atoms. The molecule has 0 aromatic heterocycles. The van der Waals surface area contributed by atoms with Crippen molar-refractivity contribution in [3.63, 3.8) is 0 Å². The molecule has 2 aliphatic carbocycles. The van der Waals surface area contributed by atoms with Crippen molar-refractivity contribution < 1.29 is 34.8 Å². The lowest BCUT2D eigenvalue weighted by Gasteiger charge is -2.33. The molecule has 0 amide bonds. The molecule has 2 heterocycles. The van der Waals surface area contributed by atoms with Crippen molar-refractivity contribution in [3.8, 4) is 0 Å². The average Bonchev–Trinajstić information content (AvgIpc) is 3.15. The SMILES string of the molecule is O=S1(=O)N[C@]2(CN1CC(F)(F)F)[C@@H]1CC[C@H]2Cc2cc(/C=C/C3CC(C(F)(F)F)CCN3)ccc2C1. The van der Waals surface area contributed by atoms with E-state index in [1.165, 1.54) is 0 Å². The van der Waals surface area contributed by atoms with E-state index >= 15 is 0 Å². The summed E-state index contributed by atoms with van der Waals surface area (Å²) in [4.78, 5) is 0. The highest BCUT2D eigenvalue weighted by Gasteiger charge is 2.60. The van der Waals surface area contributed by atoms with E-state index in [0.717, 1.165) is 29.5 Å². The van der Waals surface area contributed by atoms with Crippen LogP contribution in [0.4, 0.5) is 26.3 Å². The molecule has 3 fully saturated rings. The minimum Gasteiger partial charge on any atom is -0.310 e. The van der Waals surface area contributed by atoms with Crippen molar-refractivity contribution in [3.05, 3.63) is 41.0 Å². The highest BCUT2D eigenvalue weighted by Crippen LogP contribution is 2.50. The summed E-state index contributed by atoms with van der Waals surface area (Å²) >= 11 is 0. The molecule has 4 aliphatic rings. The van der Waals surface area contributed by atoms with Gasteiger partial charge in [0.15, 0.2) is 0 Å². The van der Waals surface area contributed by atoms with Crippen molar-refractivity contribution in [2.45, 2.75) is 62.5 Å². The van der Waals surface area contributed by atoms with E-state index in [1.807, 2.05) is 18.2 Å². The van der Waals surface area contributed by atoms with Gasteiger partial charge < -0.3 is 5.32 Å². The molecule has 5 nitrogen and oxygen atoms in total. The van der Waals surface area contributed by atoms with Gasteiger partial charge in [-0.05, 0) is 73.6 Å². The maximum Gasteiger partial charge on any atom is 0.402 e. The first-order valence-electron chi connectivity index (χ1n) is 12.2. The molecule has 1 aromatic rings. The monoisotopic (exact) mass is 537 g/mol. The van der Waals surface area contributed by atoms with Crippen LogP contribution in [0.5, 0.6) is 0 Å². The number of alkyl halides is 6. The van der Waals surface area contributed by atoms with Gasteiger partial charge in [-0.25, -0.2) is 0 Å². The van der Waals surface area contributed by atoms with Gasteiger partial charge in [-0.15, -0.1) is 0 Å². The molecule has 200 valence electrons. The number of nitrogens with zero attached hydrogens (tertiary/aromatic N) is 1. The molecule has 12 heteroatoms. The van der Waals surface area contributed by atoms with Gasteiger partial charge >= 0.3 is 12.4 Å². The predicted molar refractivity (Wildman–Crippen MR) is 122 cm³/mol. The van der Waals surface area contributed by atoms with E-state index < -0.39 is 40.6 Å². The number of rotatable bonds is 3. The van der Waals surface area contributed by atoms with Crippen LogP contribution in [0.25, 0.3) is 6.08 Å². The molecule has 2 aliphatic heterocycles. The van der Waals surface area contributed by atoms with E-state index in [1.54, 1.807) is 12.2 Å². The van der Waals surface area contributed by atoms with Crippen LogP contribution in [0.15, 0.2) is 24.3 Å². The molecule has 2 bridgehead atoms. The smallest absolute Gasteiger partial charge is 0.310 e. The third-order valence-electron chi connectivity index (χ3n) is 8.36. The zero-order valence-electron chi connectivity index (χ0n) is 19.5. The van der Waals surface area contributed by atoms with Gasteiger partial charge in [0.1, 0.15) is 6.54 Å². The zero-order chi connectivity index (χ0) is 25.9. The minimum atomic E-state index is -4.62. The lowest BCUT2D eigenvalue weighted by atomic mass is 9.79. The molecule has 2 unspecified atom stereocenters. The summed E-state index contributed by atoms with van der Waals surface area (Å²) in [6.07, 6.45) is -2.65. The van der Waals surface area contributed by atoms with E-state index in [9.17, 15) is 34.8 Å². The Balaban J connectivity index is 1.34. The normalized spacial score (nSPS) is 34.8. The molecular weight excluding hydrogens is 508 g/mol. The van der Waals surface area contributed by atoms with Crippen LogP contribution in [0.1, 0.15) is 42.4 Å². The summed E-state index contributed by atoms with van der Waals surface area (Å²) in [6, 6.07) is 5.44. The first-order chi connectivity index (χ1) is 16.8. The van der Waals surface area contributed by atoms with E-state index in [-0.39, 0.29) is 37.3 Å². The zero-order valence-corrected chi connectivity index (χ0v) is 20.3. The van der Waals surface area contributed by atoms with E-state index in [4.69, 9.17) is 0 Å². The molecule has 5 atom stereocenters. The number of hydrogen-bond donors (Lipinski definition) is 2. The summed E-state index contributed by atoms with van der Waals surface area (Å²) < 4.78 is 107. The fraction of sp³-hybridized carbons (Fsp3) is 0.667. The molecular formula is C24H29F6N3O2S. The Hall–Kier alpha value is -1.63.